The molecule has 0 aliphatic carbocycles. The number of fused-ring (bicyclic) bond motifs is 3. The lowest BCUT2D eigenvalue weighted by molar-refractivity contribution is -0.0224. The van der Waals surface area contributed by atoms with E-state index in [-0.39, 0.29) is 23.3 Å². The molecule has 5 rings (SSSR count). The van der Waals surface area contributed by atoms with E-state index in [9.17, 15) is 14.0 Å². The summed E-state index contributed by atoms with van der Waals surface area (Å²) in [7, 11) is 0. The van der Waals surface area contributed by atoms with Gasteiger partial charge in [0.1, 0.15) is 23.3 Å². The highest BCUT2D eigenvalue weighted by Crippen LogP contribution is 2.32. The highest BCUT2D eigenvalue weighted by atomic mass is 35.5. The minimum atomic E-state index is -0.598. The van der Waals surface area contributed by atoms with E-state index in [2.05, 4.69) is 10.1 Å². The normalized spacial score (nSPS) is 15.8. The summed E-state index contributed by atoms with van der Waals surface area (Å²) in [5.41, 5.74) is 3.43. The Morgan fingerprint density at radius 1 is 1.14 bits per heavy atom. The molecule has 0 N–H and O–H groups in total. The third kappa shape index (κ3) is 4.34. The number of hydrogen-bond acceptors (Lipinski definition) is 6. The number of carbonyl (C=O) groups excluding carboxylic acids is 2. The Balaban J connectivity index is 1.31. The molecule has 0 spiro atoms. The number of ether oxygens (including phenoxy) is 2. The Labute approximate surface area is 212 Å². The number of hydrogen-bond donors (Lipinski definition) is 0. The molecule has 1 saturated heterocycles. The summed E-state index contributed by atoms with van der Waals surface area (Å²) in [6.07, 6.45) is -0.802. The summed E-state index contributed by atoms with van der Waals surface area (Å²) < 4.78 is 27.1. The van der Waals surface area contributed by atoms with Crippen LogP contribution in [0.2, 0.25) is 5.02 Å². The fourth-order valence-electron chi connectivity index (χ4n) is 4.37. The largest absolute Gasteiger partial charge is 0.486 e. The Morgan fingerprint density at radius 3 is 2.56 bits per heavy atom. The first-order chi connectivity index (χ1) is 16.9. The van der Waals surface area contributed by atoms with Crippen molar-refractivity contribution in [3.05, 3.63) is 57.2 Å². The van der Waals surface area contributed by atoms with Crippen LogP contribution < -0.4 is 4.74 Å². The Morgan fingerprint density at radius 2 is 1.86 bits per heavy atom. The van der Waals surface area contributed by atoms with E-state index in [1.54, 1.807) is 30.2 Å². The van der Waals surface area contributed by atoms with Crippen LogP contribution in [-0.4, -0.2) is 61.2 Å². The van der Waals surface area contributed by atoms with E-state index in [1.165, 1.54) is 23.1 Å². The maximum absolute atomic E-state index is 14.1. The quantitative estimate of drug-likeness (QED) is 0.517. The summed E-state index contributed by atoms with van der Waals surface area (Å²) in [4.78, 5) is 33.4. The molecule has 36 heavy (non-hydrogen) atoms. The fraction of sp³-hybridized carbons (Fsp3) is 0.440. The molecule has 1 aromatic carbocycles. The molecule has 2 aromatic heterocycles. The molecule has 1 fully saturated rings. The predicted molar refractivity (Wildman–Crippen MR) is 130 cm³/mol. The van der Waals surface area contributed by atoms with Gasteiger partial charge in [0.25, 0.3) is 5.91 Å². The molecule has 0 unspecified atom stereocenters. The molecule has 0 atom stereocenters. The van der Waals surface area contributed by atoms with E-state index >= 15 is 0 Å². The van der Waals surface area contributed by atoms with E-state index in [0.717, 1.165) is 17.0 Å². The zero-order chi connectivity index (χ0) is 25.9. The zero-order valence-electron chi connectivity index (χ0n) is 20.8. The van der Waals surface area contributed by atoms with Crippen LogP contribution in [0.25, 0.3) is 5.65 Å². The number of aromatic nitrogens is 3. The zero-order valence-corrected chi connectivity index (χ0v) is 21.5. The van der Waals surface area contributed by atoms with Crippen molar-refractivity contribution in [2.24, 2.45) is 0 Å². The molecule has 9 nitrogen and oxygen atoms in total. The van der Waals surface area contributed by atoms with Crippen LogP contribution in [0.5, 0.6) is 5.75 Å². The summed E-state index contributed by atoms with van der Waals surface area (Å²) in [5.74, 6) is -0.671. The summed E-state index contributed by atoms with van der Waals surface area (Å²) >= 11 is 6.32. The number of benzene rings is 1. The second kappa shape index (κ2) is 8.62. The van der Waals surface area contributed by atoms with Gasteiger partial charge in [-0.3, -0.25) is 4.79 Å². The van der Waals surface area contributed by atoms with Gasteiger partial charge < -0.3 is 19.3 Å². The number of nitrogens with zero attached hydrogens (tertiary/aromatic N) is 5. The van der Waals surface area contributed by atoms with Gasteiger partial charge in [-0.1, -0.05) is 11.6 Å². The SMILES string of the molecule is Cc1nc2c3c(nn2c(C)c1Cl)CN(C(=O)c1ccc(F)cc1OC1CN(C(=O)OC(C)(C)C)C1)C3. The smallest absolute Gasteiger partial charge is 0.410 e. The van der Waals surface area contributed by atoms with Crippen LogP contribution in [0.1, 0.15) is 53.8 Å². The molecule has 190 valence electrons. The Kier molecular flexibility index (Phi) is 5.82. The van der Waals surface area contributed by atoms with Crippen LogP contribution in [0.3, 0.4) is 0 Å². The van der Waals surface area contributed by atoms with Crippen molar-refractivity contribution in [2.45, 2.75) is 59.4 Å². The Bertz CT molecular complexity index is 1390. The van der Waals surface area contributed by atoms with Gasteiger partial charge >= 0.3 is 6.09 Å². The van der Waals surface area contributed by atoms with E-state index in [0.29, 0.717) is 42.5 Å². The molecule has 0 radical (unpaired) electrons. The number of rotatable bonds is 3. The third-order valence-corrected chi connectivity index (χ3v) is 6.76. The van der Waals surface area contributed by atoms with Crippen LogP contribution in [-0.2, 0) is 17.8 Å². The van der Waals surface area contributed by atoms with Gasteiger partial charge in [-0.15, -0.1) is 0 Å². The van der Waals surface area contributed by atoms with Gasteiger partial charge in [-0.25, -0.2) is 18.7 Å². The lowest BCUT2D eigenvalue weighted by Crippen LogP contribution is -2.57. The van der Waals surface area contributed by atoms with Gasteiger partial charge in [0, 0.05) is 11.6 Å². The number of carbonyl (C=O) groups is 2. The van der Waals surface area contributed by atoms with Crippen molar-refractivity contribution < 1.29 is 23.5 Å². The van der Waals surface area contributed by atoms with Gasteiger partial charge in [0.2, 0.25) is 0 Å². The molecule has 4 heterocycles. The Hall–Kier alpha value is -3.40. The van der Waals surface area contributed by atoms with Crippen molar-refractivity contribution in [1.29, 1.82) is 0 Å². The second-order valence-corrected chi connectivity index (χ2v) is 10.6. The summed E-state index contributed by atoms with van der Waals surface area (Å²) in [5, 5.41) is 5.17. The number of likely N-dealkylation sites (tertiary alicyclic amines) is 1. The average Bonchev–Trinajstić information content (AvgIpc) is 3.32. The first-order valence-corrected chi connectivity index (χ1v) is 12.1. The van der Waals surface area contributed by atoms with Crippen molar-refractivity contribution in [1.82, 2.24) is 24.4 Å². The first kappa shape index (κ1) is 24.3. The van der Waals surface area contributed by atoms with Crippen LogP contribution in [0.4, 0.5) is 9.18 Å². The molecule has 3 aromatic rings. The topological polar surface area (TPSA) is 89.3 Å². The van der Waals surface area contributed by atoms with Gasteiger partial charge in [-0.2, -0.15) is 5.10 Å². The standard InChI is InChI=1S/C25H27ClFN5O4/c1-13-21(26)14(2)32-22(28-13)18-11-30(12-19(18)29-32)23(33)17-7-6-15(27)8-20(17)35-16-9-31(10-16)24(34)36-25(3,4)5/h6-8,16H,9-12H2,1-5H3. The minimum Gasteiger partial charge on any atom is -0.486 e. The number of aryl methyl sites for hydroxylation is 2. The molecule has 2 amide bonds. The minimum absolute atomic E-state index is 0.143. The molecule has 2 aliphatic heterocycles. The molecular formula is C25H27ClFN5O4. The van der Waals surface area contributed by atoms with E-state index in [4.69, 9.17) is 21.1 Å². The highest BCUT2D eigenvalue weighted by Gasteiger charge is 2.37. The summed E-state index contributed by atoms with van der Waals surface area (Å²) in [6, 6.07) is 3.86. The third-order valence-electron chi connectivity index (χ3n) is 6.21. The lowest BCUT2D eigenvalue weighted by atomic mass is 10.1. The molecule has 2 aliphatic rings. The van der Waals surface area contributed by atoms with E-state index in [1.807, 2.05) is 13.8 Å². The number of halogens is 2. The lowest BCUT2D eigenvalue weighted by Gasteiger charge is -2.39. The maximum Gasteiger partial charge on any atom is 0.410 e. The van der Waals surface area contributed by atoms with Crippen molar-refractivity contribution in [3.8, 4) is 5.75 Å². The number of amides is 2. The first-order valence-electron chi connectivity index (χ1n) is 11.7. The average molecular weight is 516 g/mol. The molecule has 11 heteroatoms. The van der Waals surface area contributed by atoms with Gasteiger partial charge in [-0.05, 0) is 46.8 Å². The van der Waals surface area contributed by atoms with Crippen molar-refractivity contribution in [2.75, 3.05) is 13.1 Å². The molecular weight excluding hydrogens is 489 g/mol. The van der Waals surface area contributed by atoms with Crippen LogP contribution >= 0.6 is 11.6 Å². The van der Waals surface area contributed by atoms with Gasteiger partial charge in [0.05, 0.1) is 53.8 Å². The molecule has 0 saturated carbocycles. The van der Waals surface area contributed by atoms with Crippen molar-refractivity contribution >= 4 is 29.2 Å². The van der Waals surface area contributed by atoms with Gasteiger partial charge in [0.15, 0.2) is 5.65 Å². The van der Waals surface area contributed by atoms with E-state index < -0.39 is 17.5 Å². The summed E-state index contributed by atoms with van der Waals surface area (Å²) in [6.45, 7) is 10.3. The highest BCUT2D eigenvalue weighted by molar-refractivity contribution is 6.31. The predicted octanol–water partition coefficient (Wildman–Crippen LogP) is 4.29. The second-order valence-electron chi connectivity index (χ2n) is 10.2. The monoisotopic (exact) mass is 515 g/mol. The van der Waals surface area contributed by atoms with Crippen LogP contribution in [0, 0.1) is 19.7 Å². The van der Waals surface area contributed by atoms with Crippen molar-refractivity contribution in [3.63, 3.8) is 0 Å². The van der Waals surface area contributed by atoms with Crippen LogP contribution in [0.15, 0.2) is 18.2 Å². The fourth-order valence-corrected chi connectivity index (χ4v) is 4.49. The maximum atomic E-state index is 14.1. The molecule has 0 bridgehead atoms.